The van der Waals surface area contributed by atoms with Gasteiger partial charge in [0.25, 0.3) is 0 Å². The first kappa shape index (κ1) is 13.8. The lowest BCUT2D eigenvalue weighted by atomic mass is 10.2. The number of hydrogen-bond acceptors (Lipinski definition) is 4. The van der Waals surface area contributed by atoms with E-state index in [4.69, 9.17) is 0 Å². The SMILES string of the molecule is Cc1ncc(CNCc2ccc(S(C)(=O)=O)cc2)[nH]1. The molecule has 0 bridgehead atoms. The number of benzene rings is 1. The molecule has 0 unspecified atom stereocenters. The van der Waals surface area contributed by atoms with Crippen molar-refractivity contribution in [3.05, 3.63) is 47.5 Å². The zero-order valence-electron chi connectivity index (χ0n) is 11.0. The normalized spacial score (nSPS) is 11.7. The Hall–Kier alpha value is -1.66. The molecule has 1 aromatic carbocycles. The zero-order valence-corrected chi connectivity index (χ0v) is 11.8. The average molecular weight is 279 g/mol. The van der Waals surface area contributed by atoms with Gasteiger partial charge in [-0.1, -0.05) is 12.1 Å². The highest BCUT2D eigenvalue weighted by molar-refractivity contribution is 7.90. The second-order valence-corrected chi connectivity index (χ2v) is 6.53. The van der Waals surface area contributed by atoms with E-state index in [0.29, 0.717) is 18.0 Å². The van der Waals surface area contributed by atoms with E-state index in [1.165, 1.54) is 6.26 Å². The van der Waals surface area contributed by atoms with Crippen molar-refractivity contribution < 1.29 is 8.42 Å². The quantitative estimate of drug-likeness (QED) is 0.868. The molecule has 2 N–H and O–H groups in total. The van der Waals surface area contributed by atoms with E-state index in [9.17, 15) is 8.42 Å². The minimum absolute atomic E-state index is 0.348. The molecule has 0 aliphatic heterocycles. The van der Waals surface area contributed by atoms with Crippen molar-refractivity contribution in [2.45, 2.75) is 24.9 Å². The maximum absolute atomic E-state index is 11.3. The minimum atomic E-state index is -3.11. The van der Waals surface area contributed by atoms with Crippen LogP contribution in [0.4, 0.5) is 0 Å². The van der Waals surface area contributed by atoms with E-state index >= 15 is 0 Å². The molecule has 6 heteroatoms. The van der Waals surface area contributed by atoms with Crippen LogP contribution in [0.1, 0.15) is 17.1 Å². The van der Waals surface area contributed by atoms with Crippen LogP contribution in [0.5, 0.6) is 0 Å². The molecule has 2 aromatic rings. The van der Waals surface area contributed by atoms with Gasteiger partial charge in [0, 0.05) is 31.2 Å². The Morgan fingerprint density at radius 1 is 1.21 bits per heavy atom. The Bertz CT molecular complexity index is 645. The molecule has 102 valence electrons. The lowest BCUT2D eigenvalue weighted by Gasteiger charge is -2.04. The molecule has 19 heavy (non-hydrogen) atoms. The molecule has 0 radical (unpaired) electrons. The molecule has 0 fully saturated rings. The molecule has 0 saturated heterocycles. The number of aromatic nitrogens is 2. The highest BCUT2D eigenvalue weighted by atomic mass is 32.2. The van der Waals surface area contributed by atoms with Crippen LogP contribution in [0.3, 0.4) is 0 Å². The summed E-state index contributed by atoms with van der Waals surface area (Å²) in [6.45, 7) is 3.30. The summed E-state index contributed by atoms with van der Waals surface area (Å²) >= 11 is 0. The predicted octanol–water partition coefficient (Wildman–Crippen LogP) is 1.41. The molecule has 0 amide bonds. The summed E-state index contributed by atoms with van der Waals surface area (Å²) in [6, 6.07) is 6.91. The standard InChI is InChI=1S/C13H17N3O2S/c1-10-15-9-12(16-10)8-14-7-11-3-5-13(6-4-11)19(2,17)18/h3-6,9,14H,7-8H2,1-2H3,(H,15,16). The summed E-state index contributed by atoms with van der Waals surface area (Å²) in [7, 11) is -3.11. The number of aromatic amines is 1. The Morgan fingerprint density at radius 3 is 2.42 bits per heavy atom. The largest absolute Gasteiger partial charge is 0.345 e. The molecule has 1 aromatic heterocycles. The minimum Gasteiger partial charge on any atom is -0.345 e. The van der Waals surface area contributed by atoms with Gasteiger partial charge in [0.15, 0.2) is 9.84 Å². The lowest BCUT2D eigenvalue weighted by molar-refractivity contribution is 0.602. The molecular formula is C13H17N3O2S. The van der Waals surface area contributed by atoms with Crippen LogP contribution >= 0.6 is 0 Å². The van der Waals surface area contributed by atoms with Crippen LogP contribution in [0.25, 0.3) is 0 Å². The number of imidazole rings is 1. The Kier molecular flexibility index (Phi) is 4.01. The van der Waals surface area contributed by atoms with Gasteiger partial charge in [-0.05, 0) is 24.6 Å². The third-order valence-corrected chi connectivity index (χ3v) is 3.88. The molecule has 0 saturated carbocycles. The highest BCUT2D eigenvalue weighted by Gasteiger charge is 2.05. The van der Waals surface area contributed by atoms with E-state index < -0.39 is 9.84 Å². The monoisotopic (exact) mass is 279 g/mol. The van der Waals surface area contributed by atoms with E-state index in [2.05, 4.69) is 15.3 Å². The van der Waals surface area contributed by atoms with Crippen molar-refractivity contribution in [3.8, 4) is 0 Å². The molecule has 1 heterocycles. The number of aryl methyl sites for hydroxylation is 1. The van der Waals surface area contributed by atoms with Gasteiger partial charge in [-0.25, -0.2) is 13.4 Å². The van der Waals surface area contributed by atoms with E-state index in [0.717, 1.165) is 17.1 Å². The number of H-pyrrole nitrogens is 1. The van der Waals surface area contributed by atoms with Gasteiger partial charge in [0.1, 0.15) is 5.82 Å². The van der Waals surface area contributed by atoms with Gasteiger partial charge >= 0.3 is 0 Å². The van der Waals surface area contributed by atoms with Crippen molar-refractivity contribution in [2.75, 3.05) is 6.26 Å². The number of nitrogens with one attached hydrogen (secondary N) is 2. The predicted molar refractivity (Wildman–Crippen MR) is 73.4 cm³/mol. The molecule has 0 aliphatic rings. The van der Waals surface area contributed by atoms with E-state index in [1.807, 2.05) is 19.1 Å². The van der Waals surface area contributed by atoms with Crippen LogP contribution in [0.15, 0.2) is 35.4 Å². The molecular weight excluding hydrogens is 262 g/mol. The maximum atomic E-state index is 11.3. The molecule has 5 nitrogen and oxygen atoms in total. The van der Waals surface area contributed by atoms with E-state index in [-0.39, 0.29) is 0 Å². The van der Waals surface area contributed by atoms with Crippen LogP contribution in [-0.2, 0) is 22.9 Å². The van der Waals surface area contributed by atoms with Crippen molar-refractivity contribution in [1.82, 2.24) is 15.3 Å². The number of nitrogens with zero attached hydrogens (tertiary/aromatic N) is 1. The molecule has 0 atom stereocenters. The van der Waals surface area contributed by atoms with Crippen LogP contribution < -0.4 is 5.32 Å². The fraction of sp³-hybridized carbons (Fsp3) is 0.308. The number of sulfone groups is 1. The first-order valence-corrected chi connectivity index (χ1v) is 7.84. The summed E-state index contributed by atoms with van der Waals surface area (Å²) in [5, 5.41) is 3.27. The summed E-state index contributed by atoms with van der Waals surface area (Å²) in [4.78, 5) is 7.60. The molecule has 0 aliphatic carbocycles. The Balaban J connectivity index is 1.90. The van der Waals surface area contributed by atoms with Gasteiger partial charge in [-0.3, -0.25) is 0 Å². The third kappa shape index (κ3) is 3.90. The van der Waals surface area contributed by atoms with Gasteiger partial charge in [0.05, 0.1) is 4.90 Å². The van der Waals surface area contributed by atoms with Crippen LogP contribution in [0.2, 0.25) is 0 Å². The number of hydrogen-bond donors (Lipinski definition) is 2. The third-order valence-electron chi connectivity index (χ3n) is 2.75. The summed E-state index contributed by atoms with van der Waals surface area (Å²) in [5.74, 6) is 0.898. The first-order chi connectivity index (χ1) is 8.95. The summed E-state index contributed by atoms with van der Waals surface area (Å²) < 4.78 is 22.6. The fourth-order valence-corrected chi connectivity index (χ4v) is 2.39. The van der Waals surface area contributed by atoms with Crippen molar-refractivity contribution in [2.24, 2.45) is 0 Å². The van der Waals surface area contributed by atoms with Crippen molar-refractivity contribution >= 4 is 9.84 Å². The molecule has 2 rings (SSSR count). The van der Waals surface area contributed by atoms with E-state index in [1.54, 1.807) is 18.3 Å². The van der Waals surface area contributed by atoms with Gasteiger partial charge in [0.2, 0.25) is 0 Å². The average Bonchev–Trinajstić information content (AvgIpc) is 2.75. The second kappa shape index (κ2) is 5.54. The smallest absolute Gasteiger partial charge is 0.175 e. The highest BCUT2D eigenvalue weighted by Crippen LogP contribution is 2.10. The van der Waals surface area contributed by atoms with Crippen LogP contribution in [0, 0.1) is 6.92 Å². The Morgan fingerprint density at radius 2 is 1.89 bits per heavy atom. The van der Waals surface area contributed by atoms with Gasteiger partial charge in [-0.2, -0.15) is 0 Å². The topological polar surface area (TPSA) is 74.8 Å². The number of rotatable bonds is 5. The van der Waals surface area contributed by atoms with Gasteiger partial charge in [-0.15, -0.1) is 0 Å². The zero-order chi connectivity index (χ0) is 13.9. The van der Waals surface area contributed by atoms with Crippen molar-refractivity contribution in [3.63, 3.8) is 0 Å². The maximum Gasteiger partial charge on any atom is 0.175 e. The summed E-state index contributed by atoms with van der Waals surface area (Å²) in [5.41, 5.74) is 2.08. The first-order valence-electron chi connectivity index (χ1n) is 5.95. The lowest BCUT2D eigenvalue weighted by Crippen LogP contribution is -2.13. The summed E-state index contributed by atoms with van der Waals surface area (Å²) in [6.07, 6.45) is 3.01. The van der Waals surface area contributed by atoms with Crippen LogP contribution in [-0.4, -0.2) is 24.6 Å². The molecule has 0 spiro atoms. The van der Waals surface area contributed by atoms with Gasteiger partial charge < -0.3 is 10.3 Å². The van der Waals surface area contributed by atoms with Crippen molar-refractivity contribution in [1.29, 1.82) is 0 Å². The fourth-order valence-electron chi connectivity index (χ4n) is 1.76. The second-order valence-electron chi connectivity index (χ2n) is 4.51. The Labute approximate surface area is 113 Å².